The molecule has 100 valence electrons. The van der Waals surface area contributed by atoms with Gasteiger partial charge in [-0.3, -0.25) is 4.21 Å². The molecule has 0 aliphatic carbocycles. The largest absolute Gasteiger partial charge is 0.330 e. The summed E-state index contributed by atoms with van der Waals surface area (Å²) in [6.07, 6.45) is 0.706. The first-order valence-electron chi connectivity index (χ1n) is 6.14. The molecule has 0 saturated heterocycles. The minimum atomic E-state index is -1.11. The average molecular weight is 338 g/mol. The Morgan fingerprint density at radius 2 is 1.68 bits per heavy atom. The highest BCUT2D eigenvalue weighted by molar-refractivity contribution is 9.10. The van der Waals surface area contributed by atoms with Gasteiger partial charge in [0.2, 0.25) is 0 Å². The van der Waals surface area contributed by atoms with E-state index in [4.69, 9.17) is 5.73 Å². The number of halogens is 1. The smallest absolute Gasteiger partial charge is 0.0656 e. The van der Waals surface area contributed by atoms with Gasteiger partial charge >= 0.3 is 0 Å². The van der Waals surface area contributed by atoms with Crippen LogP contribution in [0.1, 0.15) is 17.2 Å². The molecule has 0 bridgehead atoms. The summed E-state index contributed by atoms with van der Waals surface area (Å²) in [5.74, 6) is 0. The van der Waals surface area contributed by atoms with Gasteiger partial charge in [0.1, 0.15) is 0 Å². The molecule has 0 aliphatic heterocycles. The van der Waals surface area contributed by atoms with Gasteiger partial charge in [0, 0.05) is 4.47 Å². The van der Waals surface area contributed by atoms with Crippen molar-refractivity contribution in [3.8, 4) is 0 Å². The molecule has 0 radical (unpaired) electrons. The monoisotopic (exact) mass is 337 g/mol. The van der Waals surface area contributed by atoms with Gasteiger partial charge in [0.05, 0.1) is 20.9 Å². The Morgan fingerprint density at radius 3 is 2.32 bits per heavy atom. The standard InChI is InChI=1S/C15H16BrNOS/c16-13-8-4-5-9-15(13)19(18)14(10-11-17)12-6-2-1-3-7-12/h1-9,14H,10-11,17H2. The molecular weight excluding hydrogens is 322 g/mol. The van der Waals surface area contributed by atoms with Crippen LogP contribution in [0.25, 0.3) is 0 Å². The molecule has 2 aromatic carbocycles. The fourth-order valence-corrected chi connectivity index (χ4v) is 4.27. The molecule has 2 unspecified atom stereocenters. The molecule has 0 aliphatic rings. The van der Waals surface area contributed by atoms with Crippen molar-refractivity contribution < 1.29 is 4.21 Å². The van der Waals surface area contributed by atoms with Crippen LogP contribution in [-0.2, 0) is 10.8 Å². The third-order valence-electron chi connectivity index (χ3n) is 2.91. The Bertz CT molecular complexity index is 559. The maximum absolute atomic E-state index is 12.8. The second-order valence-corrected chi connectivity index (χ2v) is 6.66. The zero-order valence-electron chi connectivity index (χ0n) is 10.5. The van der Waals surface area contributed by atoms with Crippen molar-refractivity contribution in [2.45, 2.75) is 16.6 Å². The fraction of sp³-hybridized carbons (Fsp3) is 0.200. The van der Waals surface area contributed by atoms with Crippen LogP contribution in [0.2, 0.25) is 0 Å². The highest BCUT2D eigenvalue weighted by Crippen LogP contribution is 2.31. The first-order valence-corrected chi connectivity index (χ1v) is 8.14. The lowest BCUT2D eigenvalue weighted by molar-refractivity contribution is 0.663. The summed E-state index contributed by atoms with van der Waals surface area (Å²) in [6.45, 7) is 0.524. The van der Waals surface area contributed by atoms with Crippen molar-refractivity contribution in [2.75, 3.05) is 6.54 Å². The second kappa shape index (κ2) is 6.98. The molecule has 0 aromatic heterocycles. The molecule has 19 heavy (non-hydrogen) atoms. The van der Waals surface area contributed by atoms with E-state index in [1.807, 2.05) is 54.6 Å². The maximum atomic E-state index is 12.8. The third-order valence-corrected chi connectivity index (χ3v) is 5.68. The van der Waals surface area contributed by atoms with Crippen molar-refractivity contribution in [1.82, 2.24) is 0 Å². The lowest BCUT2D eigenvalue weighted by Crippen LogP contribution is -2.13. The van der Waals surface area contributed by atoms with E-state index in [-0.39, 0.29) is 5.25 Å². The average Bonchev–Trinajstić information content (AvgIpc) is 2.45. The van der Waals surface area contributed by atoms with Gasteiger partial charge in [-0.2, -0.15) is 0 Å². The van der Waals surface area contributed by atoms with E-state index in [1.165, 1.54) is 0 Å². The van der Waals surface area contributed by atoms with Gasteiger partial charge < -0.3 is 5.73 Å². The van der Waals surface area contributed by atoms with Crippen LogP contribution < -0.4 is 5.73 Å². The quantitative estimate of drug-likeness (QED) is 0.904. The van der Waals surface area contributed by atoms with Gasteiger partial charge in [-0.25, -0.2) is 0 Å². The molecule has 2 N–H and O–H groups in total. The summed E-state index contributed by atoms with van der Waals surface area (Å²) in [5, 5.41) is -0.0649. The Hall–Kier alpha value is -0.970. The molecule has 2 atom stereocenters. The molecule has 2 nitrogen and oxygen atoms in total. The number of hydrogen-bond acceptors (Lipinski definition) is 2. The van der Waals surface area contributed by atoms with E-state index >= 15 is 0 Å². The fourth-order valence-electron chi connectivity index (χ4n) is 1.98. The summed E-state index contributed by atoms with van der Waals surface area (Å²) in [5.41, 5.74) is 6.75. The van der Waals surface area contributed by atoms with Gasteiger partial charge in [0.25, 0.3) is 0 Å². The van der Waals surface area contributed by atoms with E-state index in [1.54, 1.807) is 0 Å². The van der Waals surface area contributed by atoms with Crippen LogP contribution in [0.5, 0.6) is 0 Å². The van der Waals surface area contributed by atoms with Gasteiger partial charge in [-0.1, -0.05) is 42.5 Å². The van der Waals surface area contributed by atoms with E-state index < -0.39 is 10.8 Å². The SMILES string of the molecule is NCCC(c1ccccc1)S(=O)c1ccccc1Br. The first-order chi connectivity index (χ1) is 9.24. The first kappa shape index (κ1) is 14.4. The lowest BCUT2D eigenvalue weighted by atomic mass is 10.1. The lowest BCUT2D eigenvalue weighted by Gasteiger charge is -2.17. The van der Waals surface area contributed by atoms with Crippen LogP contribution in [0.3, 0.4) is 0 Å². The molecule has 0 spiro atoms. The van der Waals surface area contributed by atoms with Crippen LogP contribution in [0, 0.1) is 0 Å². The second-order valence-electron chi connectivity index (χ2n) is 4.20. The highest BCUT2D eigenvalue weighted by atomic mass is 79.9. The molecule has 4 heteroatoms. The van der Waals surface area contributed by atoms with Crippen molar-refractivity contribution in [2.24, 2.45) is 5.73 Å². The van der Waals surface area contributed by atoms with Crippen molar-refractivity contribution in [3.63, 3.8) is 0 Å². The molecule has 0 fully saturated rings. The molecule has 0 saturated carbocycles. The van der Waals surface area contributed by atoms with Gasteiger partial charge in [0.15, 0.2) is 0 Å². The van der Waals surface area contributed by atoms with Crippen LogP contribution in [0.4, 0.5) is 0 Å². The topological polar surface area (TPSA) is 43.1 Å². The predicted octanol–water partition coefficient (Wildman–Crippen LogP) is 3.65. The maximum Gasteiger partial charge on any atom is 0.0656 e. The van der Waals surface area contributed by atoms with Gasteiger partial charge in [-0.05, 0) is 46.6 Å². The Morgan fingerprint density at radius 1 is 1.05 bits per heavy atom. The van der Waals surface area contributed by atoms with Gasteiger partial charge in [-0.15, -0.1) is 0 Å². The highest BCUT2D eigenvalue weighted by Gasteiger charge is 2.21. The Kier molecular flexibility index (Phi) is 5.31. The zero-order chi connectivity index (χ0) is 13.7. The summed E-state index contributed by atoms with van der Waals surface area (Å²) < 4.78 is 13.7. The third kappa shape index (κ3) is 3.53. The number of nitrogens with two attached hydrogens (primary N) is 1. The van der Waals surface area contributed by atoms with Crippen molar-refractivity contribution in [1.29, 1.82) is 0 Å². The summed E-state index contributed by atoms with van der Waals surface area (Å²) >= 11 is 3.46. The van der Waals surface area contributed by atoms with Crippen molar-refractivity contribution in [3.05, 3.63) is 64.6 Å². The molecule has 0 amide bonds. The molecule has 0 heterocycles. The van der Waals surface area contributed by atoms with Crippen LogP contribution >= 0.6 is 15.9 Å². The number of rotatable bonds is 5. The normalized spacial score (nSPS) is 14.0. The number of hydrogen-bond donors (Lipinski definition) is 1. The van der Waals surface area contributed by atoms with E-state index in [2.05, 4.69) is 15.9 Å². The Balaban J connectivity index is 2.35. The predicted molar refractivity (Wildman–Crippen MR) is 83.4 cm³/mol. The van der Waals surface area contributed by atoms with Crippen molar-refractivity contribution >= 4 is 26.7 Å². The Labute approximate surface area is 124 Å². The molecule has 2 aromatic rings. The van der Waals surface area contributed by atoms with Crippen LogP contribution in [-0.4, -0.2) is 10.8 Å². The van der Waals surface area contributed by atoms with E-state index in [0.717, 1.165) is 14.9 Å². The van der Waals surface area contributed by atoms with E-state index in [9.17, 15) is 4.21 Å². The summed E-state index contributed by atoms with van der Waals surface area (Å²) in [7, 11) is -1.11. The van der Waals surface area contributed by atoms with Crippen LogP contribution in [0.15, 0.2) is 64.0 Å². The zero-order valence-corrected chi connectivity index (χ0v) is 12.9. The molecule has 2 rings (SSSR count). The minimum absolute atomic E-state index is 0.0649. The molecular formula is C15H16BrNOS. The number of benzene rings is 2. The summed E-state index contributed by atoms with van der Waals surface area (Å²) in [4.78, 5) is 0.824. The van der Waals surface area contributed by atoms with E-state index in [0.29, 0.717) is 13.0 Å². The summed E-state index contributed by atoms with van der Waals surface area (Å²) in [6, 6.07) is 17.6. The minimum Gasteiger partial charge on any atom is -0.330 e.